The van der Waals surface area contributed by atoms with Crippen LogP contribution in [0.5, 0.6) is 5.75 Å². The maximum absolute atomic E-state index is 12.0. The number of nitrogens with one attached hydrogen (secondary N) is 2. The van der Waals surface area contributed by atoms with Crippen molar-refractivity contribution in [3.8, 4) is 50.3 Å². The first-order valence-electron chi connectivity index (χ1n) is 19.0. The molecule has 2 aliphatic heterocycles. The van der Waals surface area contributed by atoms with E-state index in [9.17, 15) is 4.79 Å². The fourth-order valence-electron chi connectivity index (χ4n) is 7.57. The molecule has 0 unspecified atom stereocenters. The Morgan fingerprint density at radius 3 is 1.18 bits per heavy atom. The molecule has 2 N–H and O–H groups in total. The normalized spacial score (nSPS) is 11.9. The number of halogens is 6. The van der Waals surface area contributed by atoms with Gasteiger partial charge in [0.15, 0.2) is 6.61 Å². The molecule has 4 aromatic carbocycles. The van der Waals surface area contributed by atoms with Gasteiger partial charge in [-0.3, -0.25) is 0 Å². The van der Waals surface area contributed by atoms with Crippen molar-refractivity contribution in [3.63, 3.8) is 0 Å². The molecular weight excluding hydrogens is 893 g/mol. The van der Waals surface area contributed by atoms with Crippen LogP contribution in [0, 0.1) is 0 Å². The van der Waals surface area contributed by atoms with Gasteiger partial charge in [0.1, 0.15) is 5.75 Å². The van der Waals surface area contributed by atoms with Gasteiger partial charge in [-0.2, -0.15) is 0 Å². The third-order valence-electron chi connectivity index (χ3n) is 10.2. The lowest BCUT2D eigenvalue weighted by Gasteiger charge is -2.11. The molecule has 0 amide bonds. The first-order chi connectivity index (χ1) is 29.6. The molecule has 0 spiro atoms. The zero-order valence-electron chi connectivity index (χ0n) is 31.9. The minimum atomic E-state index is -0.454. The number of H-pyrrole nitrogens is 2. The second-order valence-electron chi connectivity index (χ2n) is 13.9. The Morgan fingerprint density at radius 1 is 0.475 bits per heavy atom. The van der Waals surface area contributed by atoms with Crippen molar-refractivity contribution in [2.24, 2.45) is 0 Å². The highest BCUT2D eigenvalue weighted by molar-refractivity contribution is 6.41. The molecule has 13 heteroatoms. The predicted molar refractivity (Wildman–Crippen MR) is 253 cm³/mol. The van der Waals surface area contributed by atoms with Crippen molar-refractivity contribution < 1.29 is 14.3 Å². The fraction of sp³-hybridized carbons (Fsp3) is 0.0625. The van der Waals surface area contributed by atoms with Crippen LogP contribution in [0.25, 0.3) is 90.9 Å². The maximum Gasteiger partial charge on any atom is 0.344 e. The number of hydrogen-bond acceptors (Lipinski definition) is 5. The van der Waals surface area contributed by atoms with Crippen molar-refractivity contribution in [1.29, 1.82) is 0 Å². The first-order valence-corrected chi connectivity index (χ1v) is 21.2. The van der Waals surface area contributed by atoms with E-state index in [4.69, 9.17) is 89.0 Å². The molecule has 8 bridgehead atoms. The topological polar surface area (TPSA) is 92.9 Å². The molecule has 0 atom stereocenters. The van der Waals surface area contributed by atoms with E-state index >= 15 is 0 Å². The molecule has 0 fully saturated rings. The van der Waals surface area contributed by atoms with Gasteiger partial charge in [0, 0.05) is 61.0 Å². The van der Waals surface area contributed by atoms with Crippen LogP contribution >= 0.6 is 69.6 Å². The summed E-state index contributed by atoms with van der Waals surface area (Å²) < 4.78 is 10.8. The number of carbonyl (C=O) groups is 1. The molecule has 0 radical (unpaired) electrons. The summed E-state index contributed by atoms with van der Waals surface area (Å²) in [5.74, 6) is 0.0430. The van der Waals surface area contributed by atoms with Crippen molar-refractivity contribution in [2.75, 3.05) is 13.2 Å². The standard InChI is InChI=1S/C48H30Cl6N4O3/c1-2-60-41(59)24-61-26-14-12-25(13-15-26)42-33-16-18-35(55-33)46(43-27(49)6-3-7-28(43)50)37-20-22-39(57-37)48(45-31(53)10-5-11-32(45)54)40-23-21-38(58-40)47(36-19-17-34(42)56-36)44-29(51)8-4-9-30(44)52/h3-23,55,58H,2,24H2,1H3. The molecule has 7 nitrogen and oxygen atoms in total. The van der Waals surface area contributed by atoms with E-state index in [0.717, 1.165) is 16.6 Å². The van der Waals surface area contributed by atoms with Gasteiger partial charge >= 0.3 is 5.97 Å². The van der Waals surface area contributed by atoms with Crippen LogP contribution in [0.4, 0.5) is 0 Å². The van der Waals surface area contributed by atoms with Crippen LogP contribution in [0.1, 0.15) is 29.7 Å². The smallest absolute Gasteiger partial charge is 0.344 e. The van der Waals surface area contributed by atoms with Crippen molar-refractivity contribution in [3.05, 3.63) is 156 Å². The number of rotatable bonds is 8. The maximum atomic E-state index is 12.0. The van der Waals surface area contributed by atoms with Gasteiger partial charge in [-0.15, -0.1) is 0 Å². The van der Waals surface area contributed by atoms with Crippen LogP contribution in [0.3, 0.4) is 0 Å². The van der Waals surface area contributed by atoms with Gasteiger partial charge in [0.2, 0.25) is 0 Å². The second kappa shape index (κ2) is 17.1. The van der Waals surface area contributed by atoms with Crippen molar-refractivity contribution in [1.82, 2.24) is 19.9 Å². The second-order valence-corrected chi connectivity index (χ2v) is 16.4. The third kappa shape index (κ3) is 7.83. The number of ether oxygens (including phenoxy) is 2. The Balaban J connectivity index is 1.43. The van der Waals surface area contributed by atoms with E-state index in [-0.39, 0.29) is 13.2 Å². The van der Waals surface area contributed by atoms with Crippen LogP contribution in [-0.4, -0.2) is 39.1 Å². The fourth-order valence-corrected chi connectivity index (χ4v) is 9.33. The first kappa shape index (κ1) is 40.9. The molecule has 0 aliphatic carbocycles. The lowest BCUT2D eigenvalue weighted by atomic mass is 10.0. The number of benzene rings is 4. The van der Waals surface area contributed by atoms with Crippen LogP contribution < -0.4 is 4.74 Å². The SMILES string of the molecule is CCOC(=O)COc1ccc(-c2c3nc(c(-c4c(Cl)cccc4Cl)c4ccc([nH]4)c(-c4c(Cl)cccc4Cl)c4nc(c(-c5c(Cl)cccc5Cl)c5ccc2[nH]5)C=C4)C=C3)cc1. The number of nitrogens with zero attached hydrogens (tertiary/aromatic N) is 2. The van der Waals surface area contributed by atoms with Crippen LogP contribution in [0.2, 0.25) is 30.1 Å². The molecular formula is C48H30Cl6N4O3. The van der Waals surface area contributed by atoms with Crippen LogP contribution in [0.15, 0.2) is 103 Å². The van der Waals surface area contributed by atoms with E-state index < -0.39 is 5.97 Å². The van der Waals surface area contributed by atoms with Gasteiger partial charge in [0.25, 0.3) is 0 Å². The Kier molecular flexibility index (Phi) is 11.5. The highest BCUT2D eigenvalue weighted by Gasteiger charge is 2.23. The summed E-state index contributed by atoms with van der Waals surface area (Å²) in [7, 11) is 0. The summed E-state index contributed by atoms with van der Waals surface area (Å²) in [6.07, 6.45) is 7.72. The lowest BCUT2D eigenvalue weighted by Crippen LogP contribution is -2.14. The third-order valence-corrected chi connectivity index (χ3v) is 12.1. The number of fused-ring (bicyclic) bond motifs is 8. The Bertz CT molecular complexity index is 3040. The molecule has 5 heterocycles. The molecule has 0 saturated heterocycles. The van der Waals surface area contributed by atoms with Gasteiger partial charge in [-0.25, -0.2) is 14.8 Å². The molecule has 7 aromatic rings. The number of aromatic nitrogens is 4. The minimum Gasteiger partial charge on any atom is -0.482 e. The van der Waals surface area contributed by atoms with Crippen LogP contribution in [-0.2, 0) is 9.53 Å². The van der Waals surface area contributed by atoms with E-state index in [0.29, 0.717) is 109 Å². The van der Waals surface area contributed by atoms with Gasteiger partial charge in [0.05, 0.1) is 59.5 Å². The molecule has 302 valence electrons. The summed E-state index contributed by atoms with van der Waals surface area (Å²) in [4.78, 5) is 29.9. The number of carbonyl (C=O) groups excluding carboxylic acids is 1. The lowest BCUT2D eigenvalue weighted by molar-refractivity contribution is -0.145. The predicted octanol–water partition coefficient (Wildman–Crippen LogP) is 15.2. The number of hydrogen-bond donors (Lipinski definition) is 2. The summed E-state index contributed by atoms with van der Waals surface area (Å²) >= 11 is 41.8. The van der Waals surface area contributed by atoms with Gasteiger partial charge in [-0.05, 0) is 110 Å². The quantitative estimate of drug-likeness (QED) is 0.148. The highest BCUT2D eigenvalue weighted by Crippen LogP contribution is 2.45. The number of aromatic amines is 2. The summed E-state index contributed by atoms with van der Waals surface area (Å²) in [5, 5.41) is 2.64. The Hall–Kier alpha value is -5.51. The van der Waals surface area contributed by atoms with E-state index in [1.165, 1.54) is 0 Å². The molecule has 2 aliphatic rings. The Morgan fingerprint density at radius 2 is 0.820 bits per heavy atom. The summed E-state index contributed by atoms with van der Waals surface area (Å²) in [5.41, 5.74) is 10.5. The molecule has 0 saturated carbocycles. The summed E-state index contributed by atoms with van der Waals surface area (Å²) in [6.45, 7) is 1.80. The zero-order chi connectivity index (χ0) is 42.4. The van der Waals surface area contributed by atoms with E-state index in [1.807, 2.05) is 60.7 Å². The zero-order valence-corrected chi connectivity index (χ0v) is 36.5. The minimum absolute atomic E-state index is 0.216. The van der Waals surface area contributed by atoms with Gasteiger partial charge in [-0.1, -0.05) is 99.9 Å². The monoisotopic (exact) mass is 920 g/mol. The van der Waals surface area contributed by atoms with Crippen molar-refractivity contribution >= 4 is 122 Å². The molecule has 61 heavy (non-hydrogen) atoms. The molecule has 3 aromatic heterocycles. The summed E-state index contributed by atoms with van der Waals surface area (Å²) in [6, 6.07) is 31.4. The highest BCUT2D eigenvalue weighted by atomic mass is 35.5. The molecule has 9 rings (SSSR count). The van der Waals surface area contributed by atoms with Crippen molar-refractivity contribution in [2.45, 2.75) is 6.92 Å². The van der Waals surface area contributed by atoms with E-state index in [2.05, 4.69) is 9.97 Å². The average Bonchev–Trinajstić information content (AvgIpc) is 4.09. The largest absolute Gasteiger partial charge is 0.482 e. The Labute approximate surface area is 380 Å². The van der Waals surface area contributed by atoms with Gasteiger partial charge < -0.3 is 19.4 Å². The number of esters is 1. The van der Waals surface area contributed by atoms with E-state index in [1.54, 1.807) is 73.7 Å². The average molecular weight is 924 g/mol.